The van der Waals surface area contributed by atoms with Crippen LogP contribution < -0.4 is 5.73 Å². The van der Waals surface area contributed by atoms with Crippen LogP contribution in [0.3, 0.4) is 0 Å². The maximum atomic E-state index is 13.1. The molecule has 5 heteroatoms. The lowest BCUT2D eigenvalue weighted by Gasteiger charge is -2.38. The number of ether oxygens (including phenoxy) is 1. The number of likely N-dealkylation sites (tertiary alicyclic amines) is 1. The first-order chi connectivity index (χ1) is 11.9. The van der Waals surface area contributed by atoms with E-state index < -0.39 is 17.7 Å². The van der Waals surface area contributed by atoms with E-state index in [0.29, 0.717) is 12.3 Å². The summed E-state index contributed by atoms with van der Waals surface area (Å²) in [5.74, 6) is 0.00602. The Morgan fingerprint density at radius 3 is 2.08 bits per heavy atom. The number of nitrogens with two attached hydrogens (primary N) is 1. The minimum Gasteiger partial charge on any atom is -0.458 e. The van der Waals surface area contributed by atoms with Gasteiger partial charge < -0.3 is 15.4 Å². The van der Waals surface area contributed by atoms with Gasteiger partial charge in [0.05, 0.1) is 6.04 Å². The van der Waals surface area contributed by atoms with E-state index in [0.717, 1.165) is 19.3 Å². The van der Waals surface area contributed by atoms with Crippen LogP contribution in [0.25, 0.3) is 0 Å². The zero-order chi connectivity index (χ0) is 20.3. The highest BCUT2D eigenvalue weighted by atomic mass is 16.6. The molecule has 2 fully saturated rings. The second-order valence-electron chi connectivity index (χ2n) is 9.49. The van der Waals surface area contributed by atoms with Crippen molar-refractivity contribution in [3.63, 3.8) is 0 Å². The zero-order valence-electron chi connectivity index (χ0n) is 18.1. The average Bonchev–Trinajstić information content (AvgIpc) is 2.92. The van der Waals surface area contributed by atoms with Gasteiger partial charge in [-0.3, -0.25) is 4.79 Å². The largest absolute Gasteiger partial charge is 0.458 e. The first-order valence-corrected chi connectivity index (χ1v) is 10.2. The number of carbonyl (C=O) groups is 2. The number of amides is 1. The van der Waals surface area contributed by atoms with Crippen LogP contribution in [-0.2, 0) is 14.3 Å². The van der Waals surface area contributed by atoms with Crippen LogP contribution in [0.5, 0.6) is 0 Å². The van der Waals surface area contributed by atoms with Crippen molar-refractivity contribution >= 4 is 11.9 Å². The van der Waals surface area contributed by atoms with Crippen molar-refractivity contribution in [3.8, 4) is 0 Å². The van der Waals surface area contributed by atoms with Crippen LogP contribution >= 0.6 is 0 Å². The highest BCUT2D eigenvalue weighted by Crippen LogP contribution is 2.41. The lowest BCUT2D eigenvalue weighted by Crippen LogP contribution is -2.56. The van der Waals surface area contributed by atoms with E-state index in [1.54, 1.807) is 4.90 Å². The van der Waals surface area contributed by atoms with Crippen molar-refractivity contribution in [1.29, 1.82) is 0 Å². The summed E-state index contributed by atoms with van der Waals surface area (Å²) >= 11 is 0. The van der Waals surface area contributed by atoms with Gasteiger partial charge in [-0.2, -0.15) is 0 Å². The lowest BCUT2D eigenvalue weighted by atomic mass is 9.83. The molecule has 0 aromatic heterocycles. The first-order valence-electron chi connectivity index (χ1n) is 10.2. The monoisotopic (exact) mass is 368 g/mol. The Hall–Kier alpha value is -1.10. The zero-order valence-corrected chi connectivity index (χ0v) is 18.1. The predicted molar refractivity (Wildman–Crippen MR) is 106 cm³/mol. The fourth-order valence-corrected chi connectivity index (χ4v) is 3.89. The second kappa shape index (κ2) is 8.73. The molecule has 0 radical (unpaired) electrons. The molecular formula is C21H40N2O3. The van der Waals surface area contributed by atoms with Gasteiger partial charge in [0.25, 0.3) is 0 Å². The molecule has 2 aliphatic rings. The van der Waals surface area contributed by atoms with Gasteiger partial charge in [0.15, 0.2) is 0 Å². The molecule has 4 atom stereocenters. The van der Waals surface area contributed by atoms with Gasteiger partial charge in [-0.1, -0.05) is 47.5 Å². The summed E-state index contributed by atoms with van der Waals surface area (Å²) in [5, 5.41) is 0. The third-order valence-corrected chi connectivity index (χ3v) is 5.22. The molecule has 1 heterocycles. The Morgan fingerprint density at radius 2 is 1.58 bits per heavy atom. The quantitative estimate of drug-likeness (QED) is 0.751. The summed E-state index contributed by atoms with van der Waals surface area (Å²) in [6.45, 7) is 15.5. The van der Waals surface area contributed by atoms with E-state index in [1.807, 2.05) is 55.4 Å². The van der Waals surface area contributed by atoms with Gasteiger partial charge in [-0.15, -0.1) is 0 Å². The van der Waals surface area contributed by atoms with Crippen molar-refractivity contribution in [2.75, 3.05) is 0 Å². The summed E-state index contributed by atoms with van der Waals surface area (Å²) in [6.07, 6.45) is 5.04. The van der Waals surface area contributed by atoms with E-state index >= 15 is 0 Å². The van der Waals surface area contributed by atoms with E-state index in [1.165, 1.54) is 6.42 Å². The molecule has 1 aliphatic heterocycles. The van der Waals surface area contributed by atoms with Crippen LogP contribution in [0.2, 0.25) is 0 Å². The molecule has 1 saturated heterocycles. The third kappa shape index (κ3) is 5.45. The van der Waals surface area contributed by atoms with Crippen molar-refractivity contribution in [1.82, 2.24) is 4.90 Å². The van der Waals surface area contributed by atoms with Gasteiger partial charge >= 0.3 is 5.97 Å². The molecule has 0 aromatic rings. The molecule has 1 aliphatic carbocycles. The van der Waals surface area contributed by atoms with Gasteiger partial charge in [0, 0.05) is 6.04 Å². The predicted octanol–water partition coefficient (Wildman–Crippen LogP) is 3.89. The molecular weight excluding hydrogens is 328 g/mol. The summed E-state index contributed by atoms with van der Waals surface area (Å²) in [4.78, 5) is 27.6. The van der Waals surface area contributed by atoms with E-state index in [2.05, 4.69) is 0 Å². The molecule has 4 unspecified atom stereocenters. The van der Waals surface area contributed by atoms with Crippen LogP contribution in [0, 0.1) is 11.3 Å². The summed E-state index contributed by atoms with van der Waals surface area (Å²) < 4.78 is 5.60. The summed E-state index contributed by atoms with van der Waals surface area (Å²) in [7, 11) is 0. The van der Waals surface area contributed by atoms with Crippen LogP contribution in [-0.4, -0.2) is 40.5 Å². The maximum absolute atomic E-state index is 13.1. The number of esters is 1. The maximum Gasteiger partial charge on any atom is 0.329 e. The molecule has 5 nitrogen and oxygen atoms in total. The second-order valence-corrected chi connectivity index (χ2v) is 9.49. The van der Waals surface area contributed by atoms with Gasteiger partial charge in [-0.05, 0) is 51.4 Å². The normalized spacial score (nSPS) is 27.1. The molecule has 0 bridgehead atoms. The molecule has 1 saturated carbocycles. The number of hydrogen-bond acceptors (Lipinski definition) is 4. The van der Waals surface area contributed by atoms with Crippen molar-refractivity contribution in [2.24, 2.45) is 17.1 Å². The standard InChI is InChI=1S/C19H34N2O3.C2H6/c1-18(2,3)15(20)16(22)21-13-10-8-7-9-12(13)11-14(21)17(23)24-19(4,5)6;1-2/h12-15H,7-11,20H2,1-6H3;1-2H3. The van der Waals surface area contributed by atoms with E-state index in [-0.39, 0.29) is 23.3 Å². The number of nitrogens with zero attached hydrogens (tertiary/aromatic N) is 1. The molecule has 1 amide bonds. The Labute approximate surface area is 160 Å². The van der Waals surface area contributed by atoms with Gasteiger partial charge in [-0.25, -0.2) is 4.79 Å². The Morgan fingerprint density at radius 1 is 1.04 bits per heavy atom. The van der Waals surface area contributed by atoms with Crippen molar-refractivity contribution < 1.29 is 14.3 Å². The molecule has 152 valence electrons. The van der Waals surface area contributed by atoms with E-state index in [9.17, 15) is 9.59 Å². The van der Waals surface area contributed by atoms with Crippen LogP contribution in [0.15, 0.2) is 0 Å². The number of hydrogen-bond donors (Lipinski definition) is 1. The Balaban J connectivity index is 0.00000163. The van der Waals surface area contributed by atoms with Crippen LogP contribution in [0.4, 0.5) is 0 Å². The van der Waals surface area contributed by atoms with Gasteiger partial charge in [0.1, 0.15) is 11.6 Å². The van der Waals surface area contributed by atoms with Crippen molar-refractivity contribution in [3.05, 3.63) is 0 Å². The molecule has 0 aromatic carbocycles. The fourth-order valence-electron chi connectivity index (χ4n) is 3.89. The molecule has 26 heavy (non-hydrogen) atoms. The Bertz CT molecular complexity index is 490. The topological polar surface area (TPSA) is 72.6 Å². The molecule has 2 rings (SSSR count). The third-order valence-electron chi connectivity index (χ3n) is 5.22. The first kappa shape index (κ1) is 22.9. The average molecular weight is 369 g/mol. The minimum atomic E-state index is -0.608. The number of fused-ring (bicyclic) bond motifs is 1. The fraction of sp³-hybridized carbons (Fsp3) is 0.905. The highest BCUT2D eigenvalue weighted by molar-refractivity contribution is 5.89. The highest BCUT2D eigenvalue weighted by Gasteiger charge is 2.50. The lowest BCUT2D eigenvalue weighted by molar-refractivity contribution is -0.165. The minimum absolute atomic E-state index is 0.104. The van der Waals surface area contributed by atoms with E-state index in [4.69, 9.17) is 10.5 Å². The molecule has 2 N–H and O–H groups in total. The smallest absolute Gasteiger partial charge is 0.329 e. The number of rotatable bonds is 2. The van der Waals surface area contributed by atoms with Crippen LogP contribution in [0.1, 0.15) is 87.5 Å². The summed E-state index contributed by atoms with van der Waals surface area (Å²) in [5.41, 5.74) is 5.36. The van der Waals surface area contributed by atoms with Crippen molar-refractivity contribution in [2.45, 2.75) is 111 Å². The summed E-state index contributed by atoms with van der Waals surface area (Å²) in [6, 6.07) is -0.960. The molecule has 0 spiro atoms. The van der Waals surface area contributed by atoms with Gasteiger partial charge in [0.2, 0.25) is 5.91 Å². The SMILES string of the molecule is CC.CC(C)(C)OC(=O)C1CC2CCCCC2N1C(=O)C(N)C(C)(C)C. The Kier molecular flexibility index (Phi) is 7.70. The number of carbonyl (C=O) groups excluding carboxylic acids is 2.